The molecule has 2 aromatic rings. The van der Waals surface area contributed by atoms with Crippen molar-refractivity contribution < 1.29 is 4.92 Å². The van der Waals surface area contributed by atoms with Crippen LogP contribution < -0.4 is 5.32 Å². The van der Waals surface area contributed by atoms with E-state index in [9.17, 15) is 10.1 Å². The number of thioether (sulfide) groups is 2. The summed E-state index contributed by atoms with van der Waals surface area (Å²) in [5.74, 6) is 3.45. The van der Waals surface area contributed by atoms with Gasteiger partial charge in [0.2, 0.25) is 0 Å². The van der Waals surface area contributed by atoms with Gasteiger partial charge in [0.1, 0.15) is 5.69 Å². The number of nitrogens with one attached hydrogen (secondary N) is 1. The van der Waals surface area contributed by atoms with Crippen LogP contribution in [0, 0.1) is 10.1 Å². The van der Waals surface area contributed by atoms with E-state index in [1.165, 1.54) is 5.75 Å². The van der Waals surface area contributed by atoms with Crippen LogP contribution in [0.25, 0.3) is 10.9 Å². The third-order valence-electron chi connectivity index (χ3n) is 3.34. The molecule has 7 heteroatoms. The number of pyridine rings is 1. The number of nitro benzene ring substituents is 1. The van der Waals surface area contributed by atoms with Crippen molar-refractivity contribution in [3.05, 3.63) is 40.6 Å². The second-order valence-electron chi connectivity index (χ2n) is 4.74. The summed E-state index contributed by atoms with van der Waals surface area (Å²) in [5.41, 5.74) is 1.35. The van der Waals surface area contributed by atoms with Crippen molar-refractivity contribution in [2.75, 3.05) is 29.1 Å². The first kappa shape index (κ1) is 14.5. The number of nitrogens with zero attached hydrogens (tertiary/aromatic N) is 2. The van der Waals surface area contributed by atoms with Crippen molar-refractivity contribution >= 4 is 45.8 Å². The molecule has 0 amide bonds. The van der Waals surface area contributed by atoms with E-state index in [-0.39, 0.29) is 10.6 Å². The molecule has 0 saturated carbocycles. The Morgan fingerprint density at radius 2 is 2.29 bits per heavy atom. The van der Waals surface area contributed by atoms with E-state index >= 15 is 0 Å². The first-order chi connectivity index (χ1) is 10.3. The Bertz CT molecular complexity index is 660. The maximum absolute atomic E-state index is 11.4. The number of aromatic nitrogens is 1. The molecule has 1 aliphatic rings. The van der Waals surface area contributed by atoms with E-state index in [1.54, 1.807) is 24.4 Å². The fraction of sp³-hybridized carbons (Fsp3) is 0.357. The van der Waals surface area contributed by atoms with Gasteiger partial charge in [0, 0.05) is 35.3 Å². The lowest BCUT2D eigenvalue weighted by molar-refractivity contribution is -0.382. The van der Waals surface area contributed by atoms with Crippen LogP contribution in [0.3, 0.4) is 0 Å². The monoisotopic (exact) mass is 321 g/mol. The Hall–Kier alpha value is -1.47. The second-order valence-corrected chi connectivity index (χ2v) is 7.30. The van der Waals surface area contributed by atoms with Crippen molar-refractivity contribution in [1.82, 2.24) is 4.98 Å². The van der Waals surface area contributed by atoms with E-state index in [0.717, 1.165) is 18.1 Å². The Morgan fingerprint density at radius 1 is 1.38 bits per heavy atom. The number of fused-ring (bicyclic) bond motifs is 1. The van der Waals surface area contributed by atoms with Gasteiger partial charge in [-0.25, -0.2) is 0 Å². The molecule has 3 rings (SSSR count). The van der Waals surface area contributed by atoms with Crippen LogP contribution in [0.15, 0.2) is 30.5 Å². The molecule has 1 aromatic heterocycles. The highest BCUT2D eigenvalue weighted by Crippen LogP contribution is 2.33. The predicted octanol–water partition coefficient (Wildman–Crippen LogP) is 3.40. The molecule has 0 aliphatic carbocycles. The molecule has 1 fully saturated rings. The maximum atomic E-state index is 11.4. The van der Waals surface area contributed by atoms with Crippen LogP contribution in [0.4, 0.5) is 11.4 Å². The van der Waals surface area contributed by atoms with E-state index in [1.807, 2.05) is 29.6 Å². The largest absolute Gasteiger partial charge is 0.378 e. The molecular formula is C14H15N3O2S2. The van der Waals surface area contributed by atoms with Gasteiger partial charge in [-0.05, 0) is 24.3 Å². The summed E-state index contributed by atoms with van der Waals surface area (Å²) in [4.78, 5) is 15.3. The van der Waals surface area contributed by atoms with Crippen molar-refractivity contribution in [2.45, 2.75) is 5.25 Å². The summed E-state index contributed by atoms with van der Waals surface area (Å²) in [5, 5.41) is 15.8. The Balaban J connectivity index is 1.87. The summed E-state index contributed by atoms with van der Waals surface area (Å²) in [7, 11) is 0. The van der Waals surface area contributed by atoms with Gasteiger partial charge < -0.3 is 5.32 Å². The van der Waals surface area contributed by atoms with Crippen molar-refractivity contribution in [1.29, 1.82) is 0 Å². The number of hydrogen-bond acceptors (Lipinski definition) is 6. The molecule has 2 heterocycles. The predicted molar refractivity (Wildman–Crippen MR) is 90.5 cm³/mol. The van der Waals surface area contributed by atoms with Gasteiger partial charge in [0.15, 0.2) is 0 Å². The molecule has 0 spiro atoms. The SMILES string of the molecule is O=[N+]([O-])c1c(NCC2CSCCS2)ccc2ncccc12. The van der Waals surface area contributed by atoms with Gasteiger partial charge in [0.25, 0.3) is 0 Å². The van der Waals surface area contributed by atoms with Crippen LogP contribution in [-0.4, -0.2) is 39.0 Å². The van der Waals surface area contributed by atoms with Gasteiger partial charge in [0.05, 0.1) is 15.8 Å². The number of rotatable bonds is 4. The van der Waals surface area contributed by atoms with Crippen LogP contribution in [0.2, 0.25) is 0 Å². The molecule has 21 heavy (non-hydrogen) atoms. The summed E-state index contributed by atoms with van der Waals surface area (Å²) in [6.07, 6.45) is 1.65. The zero-order valence-electron chi connectivity index (χ0n) is 11.3. The molecule has 0 radical (unpaired) electrons. The zero-order valence-corrected chi connectivity index (χ0v) is 13.0. The quantitative estimate of drug-likeness (QED) is 0.687. The van der Waals surface area contributed by atoms with Gasteiger partial charge in [-0.2, -0.15) is 23.5 Å². The third-order valence-corrected chi connectivity index (χ3v) is 6.19. The van der Waals surface area contributed by atoms with Gasteiger partial charge in [-0.1, -0.05) is 0 Å². The second kappa shape index (κ2) is 6.53. The highest BCUT2D eigenvalue weighted by Gasteiger charge is 2.20. The minimum Gasteiger partial charge on any atom is -0.378 e. The van der Waals surface area contributed by atoms with Gasteiger partial charge in [-0.3, -0.25) is 15.1 Å². The fourth-order valence-corrected chi connectivity index (χ4v) is 4.97. The minimum atomic E-state index is -0.324. The molecule has 1 aromatic carbocycles. The van der Waals surface area contributed by atoms with Crippen LogP contribution in [0.1, 0.15) is 0 Å². The van der Waals surface area contributed by atoms with Gasteiger partial charge in [-0.15, -0.1) is 0 Å². The summed E-state index contributed by atoms with van der Waals surface area (Å²) < 4.78 is 0. The molecule has 110 valence electrons. The third kappa shape index (κ3) is 3.24. The highest BCUT2D eigenvalue weighted by molar-refractivity contribution is 8.06. The maximum Gasteiger partial charge on any atom is 0.301 e. The van der Waals surface area contributed by atoms with E-state index in [4.69, 9.17) is 0 Å². The lowest BCUT2D eigenvalue weighted by atomic mass is 10.1. The van der Waals surface area contributed by atoms with E-state index in [0.29, 0.717) is 21.8 Å². The number of benzene rings is 1. The number of nitro groups is 1. The molecule has 1 aliphatic heterocycles. The van der Waals surface area contributed by atoms with Crippen molar-refractivity contribution in [3.8, 4) is 0 Å². The summed E-state index contributed by atoms with van der Waals surface area (Å²) >= 11 is 3.88. The Labute approximate surface area is 131 Å². The molecule has 1 saturated heterocycles. The van der Waals surface area contributed by atoms with Crippen molar-refractivity contribution in [3.63, 3.8) is 0 Å². The first-order valence-electron chi connectivity index (χ1n) is 6.71. The average Bonchev–Trinajstić information content (AvgIpc) is 2.53. The highest BCUT2D eigenvalue weighted by atomic mass is 32.2. The topological polar surface area (TPSA) is 68.1 Å². The Kier molecular flexibility index (Phi) is 4.50. The molecule has 0 bridgehead atoms. The summed E-state index contributed by atoms with van der Waals surface area (Å²) in [6.45, 7) is 0.754. The number of anilines is 1. The lowest BCUT2D eigenvalue weighted by Gasteiger charge is -2.21. The van der Waals surface area contributed by atoms with Crippen molar-refractivity contribution in [2.24, 2.45) is 0 Å². The standard InChI is InChI=1S/C14H15N3O2S2/c18-17(19)14-11-2-1-5-15-12(11)3-4-13(14)16-8-10-9-20-6-7-21-10/h1-5,10,16H,6-9H2. The normalized spacial score (nSPS) is 18.6. The van der Waals surface area contributed by atoms with E-state index in [2.05, 4.69) is 10.3 Å². The first-order valence-corrected chi connectivity index (χ1v) is 8.91. The smallest absolute Gasteiger partial charge is 0.301 e. The van der Waals surface area contributed by atoms with Crippen LogP contribution in [0.5, 0.6) is 0 Å². The Morgan fingerprint density at radius 3 is 3.05 bits per heavy atom. The number of hydrogen-bond donors (Lipinski definition) is 1. The zero-order chi connectivity index (χ0) is 14.7. The minimum absolute atomic E-state index is 0.120. The lowest BCUT2D eigenvalue weighted by Crippen LogP contribution is -2.23. The molecule has 1 atom stereocenters. The summed E-state index contributed by atoms with van der Waals surface area (Å²) in [6, 6.07) is 7.06. The molecule has 1 N–H and O–H groups in total. The van der Waals surface area contributed by atoms with E-state index < -0.39 is 0 Å². The van der Waals surface area contributed by atoms with Crippen LogP contribution in [-0.2, 0) is 0 Å². The average molecular weight is 321 g/mol. The fourth-order valence-electron chi connectivity index (χ4n) is 2.35. The molecular weight excluding hydrogens is 306 g/mol. The van der Waals surface area contributed by atoms with Gasteiger partial charge >= 0.3 is 5.69 Å². The molecule has 1 unspecified atom stereocenters. The van der Waals surface area contributed by atoms with Crippen LogP contribution >= 0.6 is 23.5 Å². The molecule has 5 nitrogen and oxygen atoms in total.